The lowest BCUT2D eigenvalue weighted by atomic mass is 9.99. The molecule has 0 unspecified atom stereocenters. The van der Waals surface area contributed by atoms with Crippen LogP contribution in [-0.2, 0) is 19.0 Å². The Morgan fingerprint density at radius 1 is 1.24 bits per heavy atom. The van der Waals surface area contributed by atoms with Crippen molar-refractivity contribution in [3.63, 3.8) is 0 Å². The molecule has 0 aromatic rings. The number of carbonyl (C=O) groups excluding carboxylic acids is 1. The van der Waals surface area contributed by atoms with E-state index in [0.29, 0.717) is 0 Å². The van der Waals surface area contributed by atoms with Crippen LogP contribution in [-0.4, -0.2) is 77.4 Å². The molecule has 100 valence electrons. The molecule has 0 saturated carbocycles. The van der Waals surface area contributed by atoms with Gasteiger partial charge in [0.2, 0.25) is 0 Å². The zero-order valence-electron chi connectivity index (χ0n) is 9.22. The molecule has 0 aromatic carbocycles. The van der Waals surface area contributed by atoms with Gasteiger partial charge < -0.3 is 34.6 Å². The Kier molecular flexibility index (Phi) is 5.25. The van der Waals surface area contributed by atoms with Crippen LogP contribution in [0.4, 0.5) is 0 Å². The molecule has 1 rings (SSSR count). The van der Waals surface area contributed by atoms with E-state index in [0.717, 1.165) is 0 Å². The van der Waals surface area contributed by atoms with Crippen molar-refractivity contribution in [1.82, 2.24) is 0 Å². The smallest absolute Gasteiger partial charge is 0.331 e. The van der Waals surface area contributed by atoms with Crippen LogP contribution >= 0.6 is 0 Å². The first kappa shape index (κ1) is 14.3. The zero-order chi connectivity index (χ0) is 13.0. The molecule has 0 bridgehead atoms. The quantitative estimate of drug-likeness (QED) is 0.389. The van der Waals surface area contributed by atoms with Gasteiger partial charge in [-0.25, -0.2) is 4.79 Å². The second-order valence-electron chi connectivity index (χ2n) is 3.58. The number of esters is 1. The molecule has 0 amide bonds. The van der Waals surface area contributed by atoms with Gasteiger partial charge in [-0.05, 0) is 0 Å². The Hall–Kier alpha value is -0.770. The molecule has 0 radical (unpaired) electrons. The van der Waals surface area contributed by atoms with Crippen LogP contribution < -0.4 is 0 Å². The zero-order valence-corrected chi connectivity index (χ0v) is 9.22. The van der Waals surface area contributed by atoms with Crippen LogP contribution in [0.3, 0.4) is 0 Å². The SMILES string of the molecule is COC(=O)CO[C@@H]1O[C@H](CO)[C@@H](O)[C@H](O)[C@H]1O. The molecule has 1 saturated heterocycles. The van der Waals surface area contributed by atoms with Crippen molar-refractivity contribution in [2.45, 2.75) is 30.7 Å². The molecule has 4 N–H and O–H groups in total. The molecule has 5 atom stereocenters. The number of aliphatic hydroxyl groups is 4. The van der Waals surface area contributed by atoms with E-state index < -0.39 is 49.9 Å². The predicted octanol–water partition coefficient (Wildman–Crippen LogP) is -3.02. The number of hydrogen-bond donors (Lipinski definition) is 4. The van der Waals surface area contributed by atoms with Gasteiger partial charge in [0.05, 0.1) is 13.7 Å². The van der Waals surface area contributed by atoms with Gasteiger partial charge in [-0.3, -0.25) is 0 Å². The van der Waals surface area contributed by atoms with Crippen LogP contribution in [0.25, 0.3) is 0 Å². The maximum atomic E-state index is 10.8. The Balaban J connectivity index is 2.56. The van der Waals surface area contributed by atoms with E-state index in [1.165, 1.54) is 7.11 Å². The standard InChI is InChI=1S/C9H16O8/c1-15-5(11)3-16-9-8(14)7(13)6(12)4(2-10)17-9/h4,6-10,12-14H,2-3H2,1H3/t4-,6-,7+,8-,9-/m1/s1. The summed E-state index contributed by atoms with van der Waals surface area (Å²) >= 11 is 0. The average Bonchev–Trinajstić information content (AvgIpc) is 2.34. The van der Waals surface area contributed by atoms with Crippen LogP contribution in [0, 0.1) is 0 Å². The first-order valence-electron chi connectivity index (χ1n) is 5.00. The van der Waals surface area contributed by atoms with Gasteiger partial charge in [-0.2, -0.15) is 0 Å². The van der Waals surface area contributed by atoms with Gasteiger partial charge in [-0.15, -0.1) is 0 Å². The van der Waals surface area contributed by atoms with E-state index in [2.05, 4.69) is 4.74 Å². The van der Waals surface area contributed by atoms with E-state index in [-0.39, 0.29) is 0 Å². The Labute approximate surface area is 97.3 Å². The summed E-state index contributed by atoms with van der Waals surface area (Å²) in [7, 11) is 1.17. The lowest BCUT2D eigenvalue weighted by Gasteiger charge is -2.39. The van der Waals surface area contributed by atoms with Crippen LogP contribution in [0.1, 0.15) is 0 Å². The topological polar surface area (TPSA) is 126 Å². The number of hydrogen-bond acceptors (Lipinski definition) is 8. The average molecular weight is 252 g/mol. The maximum absolute atomic E-state index is 10.8. The highest BCUT2D eigenvalue weighted by Crippen LogP contribution is 2.21. The summed E-state index contributed by atoms with van der Waals surface area (Å²) in [5.41, 5.74) is 0. The molecule has 0 aromatic heterocycles. The predicted molar refractivity (Wildman–Crippen MR) is 51.7 cm³/mol. The fourth-order valence-corrected chi connectivity index (χ4v) is 1.41. The number of carbonyl (C=O) groups is 1. The summed E-state index contributed by atoms with van der Waals surface area (Å²) in [4.78, 5) is 10.8. The van der Waals surface area contributed by atoms with Crippen molar-refractivity contribution in [3.8, 4) is 0 Å². The van der Waals surface area contributed by atoms with Gasteiger partial charge >= 0.3 is 5.97 Å². The highest BCUT2D eigenvalue weighted by Gasteiger charge is 2.44. The Morgan fingerprint density at radius 3 is 2.41 bits per heavy atom. The number of rotatable bonds is 4. The van der Waals surface area contributed by atoms with Crippen LogP contribution in [0.2, 0.25) is 0 Å². The van der Waals surface area contributed by atoms with E-state index in [1.807, 2.05) is 0 Å². The molecule has 0 spiro atoms. The van der Waals surface area contributed by atoms with Crippen LogP contribution in [0.5, 0.6) is 0 Å². The monoisotopic (exact) mass is 252 g/mol. The minimum absolute atomic E-state index is 0.473. The largest absolute Gasteiger partial charge is 0.467 e. The van der Waals surface area contributed by atoms with Crippen molar-refractivity contribution in [3.05, 3.63) is 0 Å². The van der Waals surface area contributed by atoms with Crippen molar-refractivity contribution < 1.29 is 39.4 Å². The fraction of sp³-hybridized carbons (Fsp3) is 0.889. The highest BCUT2D eigenvalue weighted by atomic mass is 16.7. The van der Waals surface area contributed by atoms with Gasteiger partial charge in [0, 0.05) is 0 Å². The summed E-state index contributed by atoms with van der Waals surface area (Å²) in [5.74, 6) is -0.679. The Bertz CT molecular complexity index is 255. The van der Waals surface area contributed by atoms with Crippen molar-refractivity contribution in [2.75, 3.05) is 20.3 Å². The first-order chi connectivity index (χ1) is 8.01. The molecule has 1 aliphatic rings. The van der Waals surface area contributed by atoms with E-state index in [9.17, 15) is 20.1 Å². The summed E-state index contributed by atoms with van der Waals surface area (Å²) < 4.78 is 14.2. The molecule has 1 heterocycles. The van der Waals surface area contributed by atoms with Gasteiger partial charge in [0.1, 0.15) is 31.0 Å². The third-order valence-corrected chi connectivity index (χ3v) is 2.44. The summed E-state index contributed by atoms with van der Waals surface area (Å²) in [5, 5.41) is 37.3. The lowest BCUT2D eigenvalue weighted by Crippen LogP contribution is -2.59. The third-order valence-electron chi connectivity index (χ3n) is 2.44. The summed E-state index contributed by atoms with van der Waals surface area (Å²) in [6.45, 7) is -1.03. The molecule has 1 aliphatic heterocycles. The molecular formula is C9H16O8. The minimum Gasteiger partial charge on any atom is -0.467 e. The molecule has 8 nitrogen and oxygen atoms in total. The summed E-state index contributed by atoms with van der Waals surface area (Å²) in [6, 6.07) is 0. The molecule has 8 heteroatoms. The van der Waals surface area contributed by atoms with E-state index in [4.69, 9.17) is 14.6 Å². The van der Waals surface area contributed by atoms with Gasteiger partial charge in [0.25, 0.3) is 0 Å². The second-order valence-corrected chi connectivity index (χ2v) is 3.58. The maximum Gasteiger partial charge on any atom is 0.331 e. The number of ether oxygens (including phenoxy) is 3. The second kappa shape index (κ2) is 6.24. The number of methoxy groups -OCH3 is 1. The molecular weight excluding hydrogens is 236 g/mol. The minimum atomic E-state index is -1.52. The number of aliphatic hydroxyl groups excluding tert-OH is 4. The fourth-order valence-electron chi connectivity index (χ4n) is 1.41. The van der Waals surface area contributed by atoms with Gasteiger partial charge in [0.15, 0.2) is 6.29 Å². The van der Waals surface area contributed by atoms with E-state index >= 15 is 0 Å². The van der Waals surface area contributed by atoms with E-state index in [1.54, 1.807) is 0 Å². The molecule has 17 heavy (non-hydrogen) atoms. The lowest BCUT2D eigenvalue weighted by molar-refractivity contribution is -0.300. The highest BCUT2D eigenvalue weighted by molar-refractivity contribution is 5.70. The van der Waals surface area contributed by atoms with Gasteiger partial charge in [-0.1, -0.05) is 0 Å². The van der Waals surface area contributed by atoms with Crippen molar-refractivity contribution in [1.29, 1.82) is 0 Å². The van der Waals surface area contributed by atoms with Crippen molar-refractivity contribution in [2.24, 2.45) is 0 Å². The molecule has 1 fully saturated rings. The van der Waals surface area contributed by atoms with Crippen molar-refractivity contribution >= 4 is 5.97 Å². The third kappa shape index (κ3) is 3.35. The normalized spacial score (nSPS) is 37.8. The summed E-state index contributed by atoms with van der Waals surface area (Å²) in [6.07, 6.45) is -6.87. The molecule has 0 aliphatic carbocycles. The van der Waals surface area contributed by atoms with Crippen LogP contribution in [0.15, 0.2) is 0 Å². The first-order valence-corrected chi connectivity index (χ1v) is 5.00. The Morgan fingerprint density at radius 2 is 1.88 bits per heavy atom.